The lowest BCUT2D eigenvalue weighted by Gasteiger charge is -2.37. The van der Waals surface area contributed by atoms with Gasteiger partial charge in [0.05, 0.1) is 5.75 Å². The summed E-state index contributed by atoms with van der Waals surface area (Å²) >= 11 is 0.476. The number of anilines is 1. The van der Waals surface area contributed by atoms with Gasteiger partial charge in [0.25, 0.3) is 5.91 Å². The zero-order valence-electron chi connectivity index (χ0n) is 17.9. The normalized spacial score (nSPS) is 20.4. The van der Waals surface area contributed by atoms with Gasteiger partial charge in [-0.1, -0.05) is 36.7 Å². The van der Waals surface area contributed by atoms with Gasteiger partial charge in [-0.15, -0.1) is 0 Å². The van der Waals surface area contributed by atoms with Gasteiger partial charge in [-0.3, -0.25) is 9.78 Å². The van der Waals surface area contributed by atoms with Crippen LogP contribution < -0.4 is 9.62 Å². The van der Waals surface area contributed by atoms with Crippen LogP contribution in [-0.4, -0.2) is 43.1 Å². The molecule has 1 aliphatic carbocycles. The highest BCUT2D eigenvalue weighted by Gasteiger charge is 2.42. The summed E-state index contributed by atoms with van der Waals surface area (Å²) in [5.74, 6) is -1.04. The summed E-state index contributed by atoms with van der Waals surface area (Å²) in [6, 6.07) is 3.74. The van der Waals surface area contributed by atoms with E-state index in [1.807, 2.05) is 12.1 Å². The smallest absolute Gasteiger partial charge is 0.350 e. The van der Waals surface area contributed by atoms with Crippen LogP contribution in [0.25, 0.3) is 0 Å². The first kappa shape index (κ1) is 23.9. The number of sulfonamides is 1. The number of carbonyl (C=O) groups excluding carboxylic acids is 1. The molecule has 2 aliphatic rings. The van der Waals surface area contributed by atoms with Gasteiger partial charge >= 0.3 is 6.18 Å². The van der Waals surface area contributed by atoms with E-state index in [1.165, 1.54) is 0 Å². The van der Waals surface area contributed by atoms with Gasteiger partial charge in [0.1, 0.15) is 4.88 Å². The molecule has 7 nitrogen and oxygen atoms in total. The van der Waals surface area contributed by atoms with Gasteiger partial charge in [0.2, 0.25) is 10.0 Å². The Morgan fingerprint density at radius 2 is 1.94 bits per heavy atom. The number of hydrogen-bond donors (Lipinski definition) is 1. The predicted octanol–water partition coefficient (Wildman–Crippen LogP) is 4.12. The van der Waals surface area contributed by atoms with E-state index in [0.717, 1.165) is 42.0 Å². The van der Waals surface area contributed by atoms with Gasteiger partial charge in [0.15, 0.2) is 10.8 Å². The maximum atomic E-state index is 13.7. The molecule has 4 rings (SSSR count). The minimum atomic E-state index is -4.88. The third-order valence-electron chi connectivity index (χ3n) is 6.33. The van der Waals surface area contributed by atoms with Gasteiger partial charge in [-0.25, -0.2) is 17.7 Å². The van der Waals surface area contributed by atoms with E-state index in [9.17, 15) is 26.4 Å². The summed E-state index contributed by atoms with van der Waals surface area (Å²) in [5, 5.41) is 2.38. The summed E-state index contributed by atoms with van der Waals surface area (Å²) in [4.78, 5) is 20.1. The number of nitrogens with zero attached hydrogens (tertiary/aromatic N) is 3. The Kier molecular flexibility index (Phi) is 6.68. The average Bonchev–Trinajstić information content (AvgIpc) is 3.24. The highest BCUT2D eigenvalue weighted by Crippen LogP contribution is 2.41. The molecular formula is C21H25F3N4O3S2. The first-order valence-electron chi connectivity index (χ1n) is 10.9. The molecular weight excluding hydrogens is 477 g/mol. The van der Waals surface area contributed by atoms with Crippen molar-refractivity contribution < 1.29 is 26.4 Å². The number of pyridine rings is 1. The highest BCUT2D eigenvalue weighted by molar-refractivity contribution is 7.93. The molecule has 0 aromatic carbocycles. The molecule has 1 saturated carbocycles. The van der Waals surface area contributed by atoms with E-state index in [2.05, 4.69) is 15.3 Å². The van der Waals surface area contributed by atoms with Crippen molar-refractivity contribution in [1.29, 1.82) is 0 Å². The molecule has 2 fully saturated rings. The third-order valence-corrected chi connectivity index (χ3v) is 9.35. The molecule has 0 spiro atoms. The zero-order valence-corrected chi connectivity index (χ0v) is 19.5. The van der Waals surface area contributed by atoms with Gasteiger partial charge in [-0.05, 0) is 37.3 Å². The van der Waals surface area contributed by atoms with Gasteiger partial charge < -0.3 is 5.32 Å². The van der Waals surface area contributed by atoms with Gasteiger partial charge in [0, 0.05) is 30.9 Å². The Morgan fingerprint density at radius 3 is 2.58 bits per heavy atom. The fourth-order valence-electron chi connectivity index (χ4n) is 4.57. The van der Waals surface area contributed by atoms with Crippen LogP contribution in [0.4, 0.5) is 18.3 Å². The number of thiazole rings is 1. The molecule has 3 heterocycles. The molecule has 1 amide bonds. The molecule has 1 saturated heterocycles. The van der Waals surface area contributed by atoms with Crippen LogP contribution >= 0.6 is 11.3 Å². The third kappa shape index (κ3) is 5.01. The van der Waals surface area contributed by atoms with Crippen molar-refractivity contribution in [2.45, 2.75) is 56.5 Å². The lowest BCUT2D eigenvalue weighted by molar-refractivity contribution is -0.141. The summed E-state index contributed by atoms with van der Waals surface area (Å²) in [7, 11) is -3.75. The topological polar surface area (TPSA) is 92.3 Å². The van der Waals surface area contributed by atoms with Crippen molar-refractivity contribution in [2.24, 2.45) is 0 Å². The molecule has 0 radical (unpaired) electrons. The molecule has 1 N–H and O–H groups in total. The standard InChI is InChI=1S/C21H25F3N4O3S2/c22-21(23,24)17-16(32-19(27-17)28-11-4-5-12-33(28,30)31)18(29)26-14-20(8-2-1-3-9-20)15-7-6-10-25-13-15/h6-7,10,13H,1-5,8-9,11-12,14H2,(H,26,29). The fraction of sp³-hybridized carbons (Fsp3) is 0.571. The van der Waals surface area contributed by atoms with Crippen LogP contribution in [0, 0.1) is 0 Å². The molecule has 2 aromatic heterocycles. The summed E-state index contributed by atoms with van der Waals surface area (Å²) in [6.07, 6.45) is 4.05. The summed E-state index contributed by atoms with van der Waals surface area (Å²) in [6.45, 7) is 0.225. The number of hydrogen-bond acceptors (Lipinski definition) is 6. The molecule has 1 aliphatic heterocycles. The Labute approximate surface area is 194 Å². The second-order valence-corrected chi connectivity index (χ2v) is 11.5. The summed E-state index contributed by atoms with van der Waals surface area (Å²) in [5.41, 5.74) is -0.796. The first-order valence-corrected chi connectivity index (χ1v) is 13.3. The van der Waals surface area contributed by atoms with Crippen LogP contribution in [0.2, 0.25) is 0 Å². The van der Waals surface area contributed by atoms with Crippen LogP contribution in [0.3, 0.4) is 0 Å². The van der Waals surface area contributed by atoms with E-state index in [0.29, 0.717) is 24.2 Å². The maximum absolute atomic E-state index is 13.7. The van der Waals surface area contributed by atoms with E-state index in [4.69, 9.17) is 0 Å². The predicted molar refractivity (Wildman–Crippen MR) is 119 cm³/mol. The quantitative estimate of drug-likeness (QED) is 0.664. The van der Waals surface area contributed by atoms with Gasteiger partial charge in [-0.2, -0.15) is 13.2 Å². The van der Waals surface area contributed by atoms with Crippen LogP contribution in [0.1, 0.15) is 65.9 Å². The Morgan fingerprint density at radius 1 is 1.18 bits per heavy atom. The van der Waals surface area contributed by atoms with Crippen LogP contribution in [0.5, 0.6) is 0 Å². The second kappa shape index (κ2) is 9.21. The van der Waals surface area contributed by atoms with Crippen molar-refractivity contribution in [3.05, 3.63) is 40.7 Å². The molecule has 0 atom stereocenters. The Balaban J connectivity index is 1.61. The molecule has 12 heteroatoms. The SMILES string of the molecule is O=C(NCC1(c2cccnc2)CCCCC1)c1sc(N2CCCCS2(=O)=O)nc1C(F)(F)F. The number of halogens is 3. The first-order chi connectivity index (χ1) is 15.6. The molecule has 0 bridgehead atoms. The fourth-order valence-corrected chi connectivity index (χ4v) is 7.43. The molecule has 33 heavy (non-hydrogen) atoms. The minimum absolute atomic E-state index is 0.0539. The largest absolute Gasteiger partial charge is 0.435 e. The maximum Gasteiger partial charge on any atom is 0.435 e. The highest BCUT2D eigenvalue weighted by atomic mass is 32.2. The number of amides is 1. The number of nitrogens with one attached hydrogen (secondary N) is 1. The number of carbonyl (C=O) groups is 1. The van der Waals surface area contributed by atoms with Crippen molar-refractivity contribution in [1.82, 2.24) is 15.3 Å². The van der Waals surface area contributed by atoms with Crippen LogP contribution in [0.15, 0.2) is 24.5 Å². The Hall–Kier alpha value is -2.21. The van der Waals surface area contributed by atoms with Crippen molar-refractivity contribution in [3.8, 4) is 0 Å². The lowest BCUT2D eigenvalue weighted by Crippen LogP contribution is -2.42. The zero-order chi connectivity index (χ0) is 23.7. The van der Waals surface area contributed by atoms with Crippen LogP contribution in [-0.2, 0) is 21.6 Å². The van der Waals surface area contributed by atoms with Crippen molar-refractivity contribution in [2.75, 3.05) is 23.1 Å². The van der Waals surface area contributed by atoms with E-state index >= 15 is 0 Å². The number of aromatic nitrogens is 2. The number of rotatable bonds is 5. The van der Waals surface area contributed by atoms with E-state index in [1.54, 1.807) is 12.4 Å². The Bertz CT molecular complexity index is 1100. The second-order valence-electron chi connectivity index (χ2n) is 8.53. The van der Waals surface area contributed by atoms with Crippen molar-refractivity contribution >= 4 is 32.4 Å². The van der Waals surface area contributed by atoms with E-state index in [-0.39, 0.29) is 24.0 Å². The number of alkyl halides is 3. The lowest BCUT2D eigenvalue weighted by atomic mass is 9.70. The molecule has 0 unspecified atom stereocenters. The van der Waals surface area contributed by atoms with E-state index < -0.39 is 38.1 Å². The molecule has 2 aromatic rings. The minimum Gasteiger partial charge on any atom is -0.350 e. The average molecular weight is 503 g/mol. The monoisotopic (exact) mass is 502 g/mol. The molecule has 180 valence electrons. The van der Waals surface area contributed by atoms with Crippen molar-refractivity contribution in [3.63, 3.8) is 0 Å². The summed E-state index contributed by atoms with van der Waals surface area (Å²) < 4.78 is 66.7.